The van der Waals surface area contributed by atoms with Crippen LogP contribution in [0.15, 0.2) is 0 Å². The molecule has 4 N–H and O–H groups in total. The van der Waals surface area contributed by atoms with Gasteiger partial charge in [-0.1, -0.05) is 0 Å². The van der Waals surface area contributed by atoms with Gasteiger partial charge in [0.05, 0.1) is 0 Å². The molecule has 0 saturated carbocycles. The van der Waals surface area contributed by atoms with Gasteiger partial charge in [0.1, 0.15) is 6.04 Å². The Morgan fingerprint density at radius 3 is 2.19 bits per heavy atom. The van der Waals surface area contributed by atoms with Crippen molar-refractivity contribution in [1.29, 1.82) is 0 Å². The Bertz CT molecular complexity index is 373. The number of carbonyl (C=O) groups excluding carboxylic acids is 1. The highest BCUT2D eigenvalue weighted by atomic mass is 19.4. The van der Waals surface area contributed by atoms with Crippen LogP contribution in [0, 0.1) is 0 Å². The van der Waals surface area contributed by atoms with Crippen molar-refractivity contribution < 1.29 is 37.8 Å². The largest absolute Gasteiger partial charge is 0.481 e. The predicted molar refractivity (Wildman–Crippen MR) is 64.7 cm³/mol. The van der Waals surface area contributed by atoms with E-state index in [1.54, 1.807) is 0 Å². The van der Waals surface area contributed by atoms with Crippen LogP contribution in [0.1, 0.15) is 32.1 Å². The molecule has 0 aliphatic rings. The van der Waals surface area contributed by atoms with Crippen LogP contribution >= 0.6 is 0 Å². The number of urea groups is 1. The summed E-state index contributed by atoms with van der Waals surface area (Å²) in [5, 5.41) is 21.5. The molecule has 7 nitrogen and oxygen atoms in total. The monoisotopic (exact) mass is 314 g/mol. The number of hydrogen-bond donors (Lipinski definition) is 4. The molecule has 0 bridgehead atoms. The Kier molecular flexibility index (Phi) is 8.17. The van der Waals surface area contributed by atoms with Gasteiger partial charge in [-0.15, -0.1) is 0 Å². The number of unbranched alkanes of at least 4 members (excludes halogenated alkanes) is 1. The van der Waals surface area contributed by atoms with Gasteiger partial charge in [0, 0.05) is 19.4 Å². The fraction of sp³-hybridized carbons (Fsp3) is 0.727. The minimum Gasteiger partial charge on any atom is -0.481 e. The summed E-state index contributed by atoms with van der Waals surface area (Å²) in [7, 11) is 0. The molecule has 0 aromatic rings. The van der Waals surface area contributed by atoms with Crippen LogP contribution < -0.4 is 10.6 Å². The molecular formula is C11H17F3N2O5. The first-order chi connectivity index (χ1) is 9.61. The summed E-state index contributed by atoms with van der Waals surface area (Å²) in [6.45, 7) is -0.0345. The molecule has 21 heavy (non-hydrogen) atoms. The Hall–Kier alpha value is -2.00. The molecule has 0 saturated heterocycles. The lowest BCUT2D eigenvalue weighted by molar-refractivity contribution is -0.140. The lowest BCUT2D eigenvalue weighted by Crippen LogP contribution is -2.46. The number of amides is 2. The fourth-order valence-corrected chi connectivity index (χ4v) is 1.39. The fourth-order valence-electron chi connectivity index (χ4n) is 1.39. The van der Waals surface area contributed by atoms with Crippen molar-refractivity contribution >= 4 is 18.0 Å². The molecule has 0 heterocycles. The van der Waals surface area contributed by atoms with E-state index in [0.29, 0.717) is 0 Å². The minimum atomic E-state index is -4.24. The molecule has 10 heteroatoms. The molecule has 122 valence electrons. The van der Waals surface area contributed by atoms with Crippen LogP contribution in [-0.4, -0.2) is 46.9 Å². The molecule has 2 amide bonds. The Morgan fingerprint density at radius 1 is 1.10 bits per heavy atom. The molecule has 0 spiro atoms. The molecular weight excluding hydrogens is 297 g/mol. The number of nitrogens with one attached hydrogen (secondary N) is 2. The van der Waals surface area contributed by atoms with E-state index in [2.05, 4.69) is 5.32 Å². The lowest BCUT2D eigenvalue weighted by Gasteiger charge is -2.14. The highest BCUT2D eigenvalue weighted by Crippen LogP contribution is 2.21. The van der Waals surface area contributed by atoms with Crippen molar-refractivity contribution in [2.45, 2.75) is 44.3 Å². The molecule has 0 rings (SSSR count). The summed E-state index contributed by atoms with van der Waals surface area (Å²) in [5.41, 5.74) is 0. The van der Waals surface area contributed by atoms with Crippen molar-refractivity contribution in [3.8, 4) is 0 Å². The van der Waals surface area contributed by atoms with Crippen molar-refractivity contribution in [1.82, 2.24) is 10.6 Å². The maximum Gasteiger partial charge on any atom is 0.389 e. The zero-order valence-corrected chi connectivity index (χ0v) is 11.1. The second-order valence-electron chi connectivity index (χ2n) is 4.30. The maximum absolute atomic E-state index is 11.8. The van der Waals surface area contributed by atoms with E-state index in [1.165, 1.54) is 0 Å². The van der Waals surface area contributed by atoms with E-state index in [9.17, 15) is 27.6 Å². The topological polar surface area (TPSA) is 116 Å². The Balaban J connectivity index is 3.93. The summed E-state index contributed by atoms with van der Waals surface area (Å²) < 4.78 is 35.5. The number of carbonyl (C=O) groups is 3. The smallest absolute Gasteiger partial charge is 0.389 e. The molecule has 0 aliphatic heterocycles. The highest BCUT2D eigenvalue weighted by molar-refractivity contribution is 5.82. The molecule has 0 aromatic heterocycles. The number of rotatable bonds is 9. The molecule has 0 unspecified atom stereocenters. The third-order valence-corrected chi connectivity index (χ3v) is 2.42. The first-order valence-electron chi connectivity index (χ1n) is 6.17. The summed E-state index contributed by atoms with van der Waals surface area (Å²) in [6.07, 6.45) is -5.96. The number of alkyl halides is 3. The second kappa shape index (κ2) is 9.03. The maximum atomic E-state index is 11.8. The minimum absolute atomic E-state index is 0.0345. The van der Waals surface area contributed by atoms with Gasteiger partial charge in [0.2, 0.25) is 0 Å². The van der Waals surface area contributed by atoms with Gasteiger partial charge in [-0.05, 0) is 19.3 Å². The molecule has 1 atom stereocenters. The second-order valence-corrected chi connectivity index (χ2v) is 4.30. The number of aliphatic carboxylic acids is 2. The summed E-state index contributed by atoms with van der Waals surface area (Å²) in [6, 6.07) is -2.23. The molecule has 0 radical (unpaired) electrons. The van der Waals surface area contributed by atoms with Crippen molar-refractivity contribution in [3.63, 3.8) is 0 Å². The van der Waals surface area contributed by atoms with Crippen LogP contribution in [0.25, 0.3) is 0 Å². The van der Waals surface area contributed by atoms with Crippen molar-refractivity contribution in [3.05, 3.63) is 0 Å². The van der Waals surface area contributed by atoms with E-state index in [0.717, 1.165) is 0 Å². The number of halogens is 3. The number of carboxylic acid groups (broad SMARTS) is 2. The zero-order chi connectivity index (χ0) is 16.5. The van der Waals surface area contributed by atoms with E-state index in [1.807, 2.05) is 5.32 Å². The third kappa shape index (κ3) is 11.5. The van der Waals surface area contributed by atoms with E-state index < -0.39 is 43.0 Å². The van der Waals surface area contributed by atoms with Crippen LogP contribution in [0.2, 0.25) is 0 Å². The molecule has 0 aromatic carbocycles. The standard InChI is InChI=1S/C11H17F3N2O5/c12-11(13,14)5-1-2-6-15-10(21)16-7(9(19)20)3-4-8(17)18/h7H,1-6H2,(H,17,18)(H,19,20)(H2,15,16,21)/t7-/m0/s1. The van der Waals surface area contributed by atoms with Crippen LogP contribution in [0.4, 0.5) is 18.0 Å². The van der Waals surface area contributed by atoms with E-state index in [4.69, 9.17) is 10.2 Å². The predicted octanol–water partition coefficient (Wildman–Crippen LogP) is 1.34. The van der Waals surface area contributed by atoms with Crippen molar-refractivity contribution in [2.75, 3.05) is 6.54 Å². The van der Waals surface area contributed by atoms with Gasteiger partial charge >= 0.3 is 24.1 Å². The quantitative estimate of drug-likeness (QED) is 0.479. The molecule has 0 aliphatic carbocycles. The zero-order valence-electron chi connectivity index (χ0n) is 11.1. The van der Waals surface area contributed by atoms with Gasteiger partial charge in [-0.3, -0.25) is 4.79 Å². The number of hydrogen-bond acceptors (Lipinski definition) is 3. The van der Waals surface area contributed by atoms with Gasteiger partial charge in [0.25, 0.3) is 0 Å². The normalized spacial score (nSPS) is 12.5. The number of carboxylic acids is 2. The van der Waals surface area contributed by atoms with Crippen LogP contribution in [0.5, 0.6) is 0 Å². The average Bonchev–Trinajstić information content (AvgIpc) is 2.31. The van der Waals surface area contributed by atoms with E-state index >= 15 is 0 Å². The SMILES string of the molecule is O=C(O)CC[C@H](NC(=O)NCCCCC(F)(F)F)C(=O)O. The third-order valence-electron chi connectivity index (χ3n) is 2.42. The first kappa shape index (κ1) is 19.0. The van der Waals surface area contributed by atoms with E-state index in [-0.39, 0.29) is 25.8 Å². The lowest BCUT2D eigenvalue weighted by atomic mass is 10.1. The Morgan fingerprint density at radius 2 is 1.71 bits per heavy atom. The molecule has 0 fully saturated rings. The highest BCUT2D eigenvalue weighted by Gasteiger charge is 2.26. The summed E-state index contributed by atoms with van der Waals surface area (Å²) >= 11 is 0. The average molecular weight is 314 g/mol. The van der Waals surface area contributed by atoms with Crippen LogP contribution in [-0.2, 0) is 9.59 Å². The van der Waals surface area contributed by atoms with Gasteiger partial charge in [-0.25, -0.2) is 9.59 Å². The summed E-state index contributed by atoms with van der Waals surface area (Å²) in [4.78, 5) is 32.4. The summed E-state index contributed by atoms with van der Waals surface area (Å²) in [5.74, 6) is -2.58. The Labute approximate surface area is 118 Å². The van der Waals surface area contributed by atoms with Gasteiger partial charge in [0.15, 0.2) is 0 Å². The van der Waals surface area contributed by atoms with Gasteiger partial charge in [-0.2, -0.15) is 13.2 Å². The first-order valence-corrected chi connectivity index (χ1v) is 6.17. The van der Waals surface area contributed by atoms with Crippen molar-refractivity contribution in [2.24, 2.45) is 0 Å². The van der Waals surface area contributed by atoms with Crippen LogP contribution in [0.3, 0.4) is 0 Å². The van der Waals surface area contributed by atoms with Gasteiger partial charge < -0.3 is 20.8 Å².